The van der Waals surface area contributed by atoms with E-state index in [1.807, 2.05) is 32.9 Å². The van der Waals surface area contributed by atoms with Gasteiger partial charge in [-0.3, -0.25) is 4.79 Å². The number of nitrogens with two attached hydrogens (primary N) is 1. The maximum atomic E-state index is 11.6. The van der Waals surface area contributed by atoms with E-state index < -0.39 is 6.17 Å². The minimum Gasteiger partial charge on any atom is -0.508 e. The van der Waals surface area contributed by atoms with E-state index in [9.17, 15) is 9.90 Å². The van der Waals surface area contributed by atoms with Crippen LogP contribution < -0.4 is 11.1 Å². The number of aryl methyl sites for hydroxylation is 1. The van der Waals surface area contributed by atoms with Gasteiger partial charge >= 0.3 is 0 Å². The van der Waals surface area contributed by atoms with E-state index in [-0.39, 0.29) is 11.3 Å². The summed E-state index contributed by atoms with van der Waals surface area (Å²) in [7, 11) is 0. The molecule has 4 nitrogen and oxygen atoms in total. The second-order valence-corrected chi connectivity index (χ2v) is 5.93. The van der Waals surface area contributed by atoms with Crippen LogP contribution in [0.1, 0.15) is 38.3 Å². The lowest BCUT2D eigenvalue weighted by Gasteiger charge is -2.21. The lowest BCUT2D eigenvalue weighted by molar-refractivity contribution is -0.121. The minimum absolute atomic E-state index is 0.109. The van der Waals surface area contributed by atoms with Gasteiger partial charge in [-0.05, 0) is 29.0 Å². The van der Waals surface area contributed by atoms with E-state index in [1.165, 1.54) is 6.08 Å². The summed E-state index contributed by atoms with van der Waals surface area (Å²) in [5, 5.41) is 12.5. The number of hydrogen-bond acceptors (Lipinski definition) is 3. The summed E-state index contributed by atoms with van der Waals surface area (Å²) in [5.74, 6) is 0.183. The molecule has 0 spiro atoms. The van der Waals surface area contributed by atoms with Crippen molar-refractivity contribution in [3.63, 3.8) is 0 Å². The van der Waals surface area contributed by atoms with Crippen LogP contribution in [0.25, 0.3) is 0 Å². The lowest BCUT2D eigenvalue weighted by atomic mass is 9.85. The largest absolute Gasteiger partial charge is 0.508 e. The molecule has 0 aliphatic rings. The average molecular weight is 276 g/mol. The van der Waals surface area contributed by atoms with Gasteiger partial charge in [0.1, 0.15) is 5.75 Å². The number of phenols is 1. The molecular weight excluding hydrogens is 252 g/mol. The topological polar surface area (TPSA) is 75.3 Å². The Balaban J connectivity index is 2.70. The third kappa shape index (κ3) is 4.70. The van der Waals surface area contributed by atoms with Gasteiger partial charge in [-0.2, -0.15) is 0 Å². The first-order valence-corrected chi connectivity index (χ1v) is 6.74. The smallest absolute Gasteiger partial charge is 0.221 e. The summed E-state index contributed by atoms with van der Waals surface area (Å²) in [4.78, 5) is 11.6. The second kappa shape index (κ2) is 6.57. The Morgan fingerprint density at radius 1 is 1.50 bits per heavy atom. The summed E-state index contributed by atoms with van der Waals surface area (Å²) in [6, 6.07) is 5.48. The van der Waals surface area contributed by atoms with Crippen LogP contribution in [0.15, 0.2) is 30.9 Å². The molecule has 4 N–H and O–H groups in total. The van der Waals surface area contributed by atoms with Gasteiger partial charge in [0.2, 0.25) is 5.91 Å². The highest BCUT2D eigenvalue weighted by Gasteiger charge is 2.18. The first-order valence-electron chi connectivity index (χ1n) is 6.74. The average Bonchev–Trinajstić information content (AvgIpc) is 2.36. The van der Waals surface area contributed by atoms with Crippen molar-refractivity contribution in [2.45, 2.75) is 45.2 Å². The van der Waals surface area contributed by atoms with Crippen LogP contribution in [0, 0.1) is 0 Å². The summed E-state index contributed by atoms with van der Waals surface area (Å²) < 4.78 is 0. The van der Waals surface area contributed by atoms with Crippen molar-refractivity contribution in [1.82, 2.24) is 5.32 Å². The highest BCUT2D eigenvalue weighted by Crippen LogP contribution is 2.31. The fourth-order valence-corrected chi connectivity index (χ4v) is 1.91. The van der Waals surface area contributed by atoms with Crippen molar-refractivity contribution in [2.24, 2.45) is 5.73 Å². The zero-order valence-electron chi connectivity index (χ0n) is 12.4. The molecule has 1 aromatic carbocycles. The van der Waals surface area contributed by atoms with Gasteiger partial charge in [-0.1, -0.05) is 45.6 Å². The van der Waals surface area contributed by atoms with Gasteiger partial charge < -0.3 is 16.2 Å². The number of hydrogen-bond donors (Lipinski definition) is 3. The Morgan fingerprint density at radius 2 is 2.15 bits per heavy atom. The predicted molar refractivity (Wildman–Crippen MR) is 81.4 cm³/mol. The standard InChI is InChI=1S/C16H24N2O2/c1-5-14(17)18-15(20)9-7-11-6-8-13(19)12(10-11)16(2,3)4/h5-6,8,10,14,19H,1,7,9,17H2,2-4H3,(H,18,20). The molecule has 0 aliphatic carbocycles. The highest BCUT2D eigenvalue weighted by molar-refractivity contribution is 5.76. The van der Waals surface area contributed by atoms with Gasteiger partial charge in [-0.25, -0.2) is 0 Å². The quantitative estimate of drug-likeness (QED) is 0.570. The van der Waals surface area contributed by atoms with Crippen molar-refractivity contribution in [2.75, 3.05) is 0 Å². The first kappa shape index (κ1) is 16.2. The molecule has 0 aromatic heterocycles. The fraction of sp³-hybridized carbons (Fsp3) is 0.438. The molecule has 0 bridgehead atoms. The number of carbonyl (C=O) groups excluding carboxylic acids is 1. The number of nitrogens with one attached hydrogen (secondary N) is 1. The third-order valence-corrected chi connectivity index (χ3v) is 3.09. The molecule has 0 aliphatic heterocycles. The maximum Gasteiger partial charge on any atom is 0.221 e. The summed E-state index contributed by atoms with van der Waals surface area (Å²) in [5.41, 5.74) is 7.34. The van der Waals surface area contributed by atoms with E-state index in [4.69, 9.17) is 5.73 Å². The maximum absolute atomic E-state index is 11.6. The Bertz CT molecular complexity index is 490. The number of phenolic OH excluding ortho intramolecular Hbond substituents is 1. The van der Waals surface area contributed by atoms with Crippen molar-refractivity contribution in [3.05, 3.63) is 42.0 Å². The molecule has 0 saturated heterocycles. The fourth-order valence-electron chi connectivity index (χ4n) is 1.91. The summed E-state index contributed by atoms with van der Waals surface area (Å²) in [6.45, 7) is 9.64. The van der Waals surface area contributed by atoms with Crippen molar-refractivity contribution < 1.29 is 9.90 Å². The molecule has 1 amide bonds. The van der Waals surface area contributed by atoms with Crippen LogP contribution in [-0.4, -0.2) is 17.2 Å². The third-order valence-electron chi connectivity index (χ3n) is 3.09. The SMILES string of the molecule is C=CC(N)NC(=O)CCc1ccc(O)c(C(C)(C)C)c1. The van der Waals surface area contributed by atoms with E-state index in [1.54, 1.807) is 6.07 Å². The highest BCUT2D eigenvalue weighted by atomic mass is 16.3. The molecule has 4 heteroatoms. The van der Waals surface area contributed by atoms with Crippen LogP contribution in [-0.2, 0) is 16.6 Å². The minimum atomic E-state index is -0.507. The normalized spacial score (nSPS) is 12.8. The van der Waals surface area contributed by atoms with Crippen LogP contribution in [0.2, 0.25) is 0 Å². The zero-order chi connectivity index (χ0) is 15.3. The molecule has 1 unspecified atom stereocenters. The number of aromatic hydroxyl groups is 1. The molecule has 1 rings (SSSR count). The number of amides is 1. The molecule has 20 heavy (non-hydrogen) atoms. The number of benzene rings is 1. The van der Waals surface area contributed by atoms with E-state index in [0.717, 1.165) is 11.1 Å². The Hall–Kier alpha value is -1.81. The Morgan fingerprint density at radius 3 is 2.70 bits per heavy atom. The van der Waals surface area contributed by atoms with Crippen LogP contribution in [0.5, 0.6) is 5.75 Å². The van der Waals surface area contributed by atoms with Gasteiger partial charge in [-0.15, -0.1) is 0 Å². The second-order valence-electron chi connectivity index (χ2n) is 5.93. The predicted octanol–water partition coefficient (Wildman–Crippen LogP) is 2.21. The van der Waals surface area contributed by atoms with Crippen LogP contribution in [0.4, 0.5) is 0 Å². The number of carbonyl (C=O) groups is 1. The van der Waals surface area contributed by atoms with E-state index in [2.05, 4.69) is 11.9 Å². The molecule has 0 heterocycles. The Labute approximate surface area is 120 Å². The van der Waals surface area contributed by atoms with Crippen molar-refractivity contribution in [1.29, 1.82) is 0 Å². The van der Waals surface area contributed by atoms with Crippen molar-refractivity contribution in [3.8, 4) is 5.75 Å². The number of rotatable bonds is 5. The monoisotopic (exact) mass is 276 g/mol. The van der Waals surface area contributed by atoms with Gasteiger partial charge in [0.05, 0.1) is 6.17 Å². The Kier molecular flexibility index (Phi) is 5.34. The molecule has 0 fully saturated rings. The molecule has 1 atom stereocenters. The van der Waals surface area contributed by atoms with Gasteiger partial charge in [0.15, 0.2) is 0 Å². The summed E-state index contributed by atoms with van der Waals surface area (Å²) >= 11 is 0. The first-order chi connectivity index (χ1) is 9.24. The van der Waals surface area contributed by atoms with Crippen LogP contribution in [0.3, 0.4) is 0 Å². The molecule has 0 saturated carbocycles. The summed E-state index contributed by atoms with van der Waals surface area (Å²) in [6.07, 6.45) is 1.94. The van der Waals surface area contributed by atoms with Crippen LogP contribution >= 0.6 is 0 Å². The van der Waals surface area contributed by atoms with E-state index >= 15 is 0 Å². The molecule has 1 aromatic rings. The molecule has 0 radical (unpaired) electrons. The zero-order valence-corrected chi connectivity index (χ0v) is 12.4. The molecular formula is C16H24N2O2. The van der Waals surface area contributed by atoms with Crippen molar-refractivity contribution >= 4 is 5.91 Å². The molecule has 110 valence electrons. The van der Waals surface area contributed by atoms with Gasteiger partial charge in [0, 0.05) is 6.42 Å². The van der Waals surface area contributed by atoms with Gasteiger partial charge in [0.25, 0.3) is 0 Å². The van der Waals surface area contributed by atoms with E-state index in [0.29, 0.717) is 18.6 Å². The lowest BCUT2D eigenvalue weighted by Crippen LogP contribution is -2.39.